The summed E-state index contributed by atoms with van der Waals surface area (Å²) in [5, 5.41) is 8.38. The molecular weight excluding hydrogens is 253 g/mol. The number of hydrogen-bond acceptors (Lipinski definition) is 4. The summed E-state index contributed by atoms with van der Waals surface area (Å²) in [6.07, 6.45) is 0. The first kappa shape index (κ1) is 20.5. The van der Waals surface area contributed by atoms with E-state index in [2.05, 4.69) is 0 Å². The van der Waals surface area contributed by atoms with Gasteiger partial charge >= 0.3 is 16.4 Å². The molecule has 0 heterocycles. The van der Waals surface area contributed by atoms with E-state index in [1.807, 2.05) is 0 Å². The van der Waals surface area contributed by atoms with Crippen molar-refractivity contribution in [1.29, 1.82) is 0 Å². The van der Waals surface area contributed by atoms with Crippen LogP contribution in [-0.4, -0.2) is 46.0 Å². The summed E-state index contributed by atoms with van der Waals surface area (Å²) in [4.78, 5) is 10.2. The fraction of sp³-hybridized carbons (Fsp3) is 0. The Morgan fingerprint density at radius 2 is 1.38 bits per heavy atom. The largest absolute Gasteiger partial charge is 0.478 e. The van der Waals surface area contributed by atoms with Crippen LogP contribution in [0, 0.1) is 0 Å². The van der Waals surface area contributed by atoms with Crippen LogP contribution >= 0.6 is 0 Å². The molecule has 7 nitrogen and oxygen atoms in total. The number of hydrogen-bond donors (Lipinski definition) is 4. The molecule has 0 saturated carbocycles. The molecule has 1 aromatic rings. The van der Waals surface area contributed by atoms with Crippen LogP contribution in [0.5, 0.6) is 0 Å². The lowest BCUT2D eigenvalue weighted by Gasteiger charge is -1.88. The van der Waals surface area contributed by atoms with Crippen molar-refractivity contribution in [2.75, 3.05) is 0 Å². The molecule has 92 valence electrons. The molecule has 0 aliphatic rings. The van der Waals surface area contributed by atoms with Gasteiger partial charge in [-0.25, -0.2) is 4.79 Å². The number of rotatable bonds is 1. The van der Waals surface area contributed by atoms with Crippen LogP contribution in [0.25, 0.3) is 0 Å². The first-order chi connectivity index (χ1) is 6.30. The molecule has 16 heavy (non-hydrogen) atoms. The second-order valence-electron chi connectivity index (χ2n) is 2.12. The van der Waals surface area contributed by atoms with Crippen LogP contribution in [0.2, 0.25) is 0 Å². The molecule has 6 N–H and O–H groups in total. The van der Waals surface area contributed by atoms with Gasteiger partial charge in [0.2, 0.25) is 0 Å². The van der Waals surface area contributed by atoms with Crippen molar-refractivity contribution < 1.29 is 27.4 Å². The van der Waals surface area contributed by atoms with Crippen LogP contribution in [-0.2, 0) is 10.4 Å². The van der Waals surface area contributed by atoms with Gasteiger partial charge in [-0.1, -0.05) is 18.2 Å². The highest BCUT2D eigenvalue weighted by molar-refractivity contribution is 7.79. The molecule has 0 bridgehead atoms. The summed E-state index contributed by atoms with van der Waals surface area (Å²) >= 11 is 0. The third-order valence-electron chi connectivity index (χ3n) is 1.02. The molecule has 0 aliphatic heterocycles. The van der Waals surface area contributed by atoms with Gasteiger partial charge < -0.3 is 11.3 Å². The van der Waals surface area contributed by atoms with Crippen LogP contribution in [0.3, 0.4) is 0 Å². The average molecular weight is 267 g/mol. The Balaban J connectivity index is -0.000000214. The summed E-state index contributed by atoms with van der Waals surface area (Å²) in [6.45, 7) is 0. The third-order valence-corrected chi connectivity index (χ3v) is 1.02. The minimum absolute atomic E-state index is 0. The van der Waals surface area contributed by atoms with E-state index < -0.39 is 16.4 Å². The maximum Gasteiger partial charge on any atom is 0.394 e. The molecule has 0 radical (unpaired) electrons. The minimum atomic E-state index is -4.67. The summed E-state index contributed by atoms with van der Waals surface area (Å²) in [6, 6.07) is 8.30. The van der Waals surface area contributed by atoms with Crippen LogP contribution in [0.4, 0.5) is 0 Å². The van der Waals surface area contributed by atoms with Gasteiger partial charge in [-0.15, -0.1) is 0 Å². The lowest BCUT2D eigenvalue weighted by molar-refractivity contribution is 0.0697. The zero-order valence-electron chi connectivity index (χ0n) is 7.57. The first-order valence-corrected chi connectivity index (χ1v) is 4.68. The van der Waals surface area contributed by atoms with Crippen LogP contribution in [0.1, 0.15) is 10.4 Å². The maximum atomic E-state index is 10.2. The summed E-state index contributed by atoms with van der Waals surface area (Å²) in [7, 11) is -4.67. The second-order valence-corrected chi connectivity index (χ2v) is 3.01. The molecule has 0 aliphatic carbocycles. The van der Waals surface area contributed by atoms with E-state index in [4.69, 9.17) is 22.6 Å². The van der Waals surface area contributed by atoms with Gasteiger partial charge in [-0.05, 0) is 12.1 Å². The number of carbonyl (C=O) groups is 1. The summed E-state index contributed by atoms with van der Waals surface area (Å²) in [5.74, 6) is -0.879. The van der Waals surface area contributed by atoms with E-state index in [-0.39, 0.29) is 23.5 Å². The van der Waals surface area contributed by atoms with Crippen molar-refractivity contribution >= 4 is 33.7 Å². The Morgan fingerprint density at radius 1 is 1.06 bits per heavy atom. The summed E-state index contributed by atoms with van der Waals surface area (Å²) in [5.41, 5.74) is 0.331. The van der Waals surface area contributed by atoms with Gasteiger partial charge in [-0.2, -0.15) is 8.42 Å². The molecule has 0 fully saturated rings. The second kappa shape index (κ2) is 9.29. The van der Waals surface area contributed by atoms with Gasteiger partial charge in [-0.3, -0.25) is 9.11 Å². The van der Waals surface area contributed by atoms with E-state index in [0.29, 0.717) is 5.56 Å². The Hall–Kier alpha value is -0.948. The zero-order chi connectivity index (χ0) is 11.2. The lowest BCUT2D eigenvalue weighted by atomic mass is 10.2. The Kier molecular flexibility index (Phi) is 11.9. The third kappa shape index (κ3) is 15.5. The van der Waals surface area contributed by atoms with Crippen molar-refractivity contribution in [2.45, 2.75) is 0 Å². The zero-order valence-corrected chi connectivity index (χ0v) is 8.38. The molecule has 0 amide bonds. The van der Waals surface area contributed by atoms with Crippen LogP contribution in [0.15, 0.2) is 30.3 Å². The number of carboxylic acid groups (broad SMARTS) is 1. The van der Waals surface area contributed by atoms with Gasteiger partial charge in [0.15, 0.2) is 17.4 Å². The highest BCUT2D eigenvalue weighted by atomic mass is 32.3. The summed E-state index contributed by atoms with van der Waals surface area (Å²) < 4.78 is 31.6. The van der Waals surface area contributed by atoms with Gasteiger partial charge in [0.25, 0.3) is 0 Å². The van der Waals surface area contributed by atoms with E-state index >= 15 is 0 Å². The van der Waals surface area contributed by atoms with E-state index in [1.165, 1.54) is 0 Å². The molecule has 0 saturated heterocycles. The lowest BCUT2D eigenvalue weighted by Crippen LogP contribution is -1.93. The molecule has 0 atom stereocenters. The predicted octanol–water partition coefficient (Wildman–Crippen LogP) is -0.290. The molecule has 0 unspecified atom stereocenters. The van der Waals surface area contributed by atoms with Gasteiger partial charge in [0.05, 0.1) is 5.56 Å². The van der Waals surface area contributed by atoms with Crippen LogP contribution < -0.4 is 6.15 Å². The normalized spacial score (nSPS) is 8.62. The molecule has 1 rings (SSSR count). The molecule has 1 aromatic carbocycles. The van der Waals surface area contributed by atoms with Crippen molar-refractivity contribution in [1.82, 2.24) is 6.15 Å². The number of aromatic carboxylic acids is 1. The highest BCUT2D eigenvalue weighted by Crippen LogP contribution is 1.96. The topological polar surface area (TPSA) is 147 Å². The number of benzene rings is 1. The monoisotopic (exact) mass is 267 g/mol. The van der Waals surface area contributed by atoms with E-state index in [0.717, 1.165) is 0 Å². The van der Waals surface area contributed by atoms with E-state index in [1.54, 1.807) is 30.3 Å². The molecule has 0 spiro atoms. The van der Waals surface area contributed by atoms with Crippen molar-refractivity contribution in [2.24, 2.45) is 0 Å². The van der Waals surface area contributed by atoms with Gasteiger partial charge in [0.1, 0.15) is 0 Å². The smallest absolute Gasteiger partial charge is 0.394 e. The SMILES string of the molecule is N.O=C(O)c1ccccc1.O=S(=O)(O)O.[AlH3]. The Bertz CT molecular complexity index is 385. The van der Waals surface area contributed by atoms with Crippen molar-refractivity contribution in [3.8, 4) is 0 Å². The average Bonchev–Trinajstić information content (AvgIpc) is 2.03. The number of carboxylic acids is 1. The first-order valence-electron chi connectivity index (χ1n) is 3.29. The molecular formula is C7H14AlNO6S. The van der Waals surface area contributed by atoms with E-state index in [9.17, 15) is 4.79 Å². The molecule has 9 heteroatoms. The standard InChI is InChI=1S/C7H6O2.Al.H3N.H2O4S.3H/c8-7(9)6-4-2-1-3-5-6;;;1-5(2,3)4;;;/h1-5H,(H,8,9);;1H3;(H2,1,2,3,4);;;. The highest BCUT2D eigenvalue weighted by Gasteiger charge is 1.96. The fourth-order valence-electron chi connectivity index (χ4n) is 0.581. The molecule has 0 aromatic heterocycles. The quantitative estimate of drug-likeness (QED) is 0.403. The van der Waals surface area contributed by atoms with Crippen molar-refractivity contribution in [3.05, 3.63) is 35.9 Å². The van der Waals surface area contributed by atoms with Gasteiger partial charge in [0, 0.05) is 0 Å². The van der Waals surface area contributed by atoms with Crippen molar-refractivity contribution in [3.63, 3.8) is 0 Å². The fourth-order valence-corrected chi connectivity index (χ4v) is 0.581. The maximum absolute atomic E-state index is 10.2. The Morgan fingerprint density at radius 3 is 1.56 bits per heavy atom. The predicted molar refractivity (Wildman–Crippen MR) is 62.5 cm³/mol. The Labute approximate surface area is 103 Å². The minimum Gasteiger partial charge on any atom is -0.478 e.